The molecular weight excluding hydrogens is 361 g/mol. The van der Waals surface area contributed by atoms with Crippen molar-refractivity contribution in [3.63, 3.8) is 0 Å². The Bertz CT molecular complexity index is 720. The highest BCUT2D eigenvalue weighted by Crippen LogP contribution is 2.30. The van der Waals surface area contributed by atoms with Crippen LogP contribution in [0.1, 0.15) is 25.7 Å². The van der Waals surface area contributed by atoms with Crippen molar-refractivity contribution < 1.29 is 22.8 Å². The lowest BCUT2D eigenvalue weighted by Crippen LogP contribution is -2.56. The number of sulfonamides is 1. The monoisotopic (exact) mass is 385 g/mol. The molecule has 1 N–H and O–H groups in total. The van der Waals surface area contributed by atoms with Crippen LogP contribution in [0.3, 0.4) is 0 Å². The van der Waals surface area contributed by atoms with Gasteiger partial charge in [-0.15, -0.1) is 0 Å². The Hall–Kier alpha value is -1.71. The van der Waals surface area contributed by atoms with Crippen LogP contribution in [0.15, 0.2) is 24.3 Å². The first-order valence-electron chi connectivity index (χ1n) is 8.85. The van der Waals surface area contributed by atoms with Crippen LogP contribution in [-0.4, -0.2) is 66.9 Å². The summed E-state index contributed by atoms with van der Waals surface area (Å²) in [5, 5.41) is 9.51. The quantitative estimate of drug-likeness (QED) is 0.471. The maximum Gasteiger partial charge on any atom is 0.233 e. The fourth-order valence-corrected chi connectivity index (χ4v) is 6.03. The second-order valence-electron chi connectivity index (χ2n) is 6.78. The molecule has 0 spiro atoms. The van der Waals surface area contributed by atoms with Crippen LogP contribution >= 0.6 is 0 Å². The van der Waals surface area contributed by atoms with Gasteiger partial charge in [0.2, 0.25) is 16.4 Å². The van der Waals surface area contributed by atoms with E-state index in [2.05, 4.69) is 0 Å². The van der Waals surface area contributed by atoms with Gasteiger partial charge in [0.25, 0.3) is 0 Å². The van der Waals surface area contributed by atoms with Gasteiger partial charge in [0, 0.05) is 31.9 Å². The predicted molar refractivity (Wildman–Crippen MR) is 94.8 cm³/mol. The van der Waals surface area contributed by atoms with Gasteiger partial charge in [-0.3, -0.25) is 10.0 Å². The van der Waals surface area contributed by atoms with Crippen molar-refractivity contribution in [2.75, 3.05) is 31.1 Å². The van der Waals surface area contributed by atoms with Gasteiger partial charge in [0.05, 0.1) is 11.3 Å². The fourth-order valence-electron chi connectivity index (χ4n) is 3.85. The number of rotatable bonds is 5. The van der Waals surface area contributed by atoms with E-state index < -0.39 is 21.3 Å². The zero-order valence-corrected chi connectivity index (χ0v) is 15.3. The summed E-state index contributed by atoms with van der Waals surface area (Å²) in [6.45, 7) is 1.68. The predicted octanol–water partition coefficient (Wildman–Crippen LogP) is 1.44. The molecule has 0 unspecified atom stereocenters. The summed E-state index contributed by atoms with van der Waals surface area (Å²) in [6.07, 6.45) is 2.76. The van der Waals surface area contributed by atoms with Gasteiger partial charge in [0.1, 0.15) is 5.82 Å². The van der Waals surface area contributed by atoms with Crippen molar-refractivity contribution in [1.29, 1.82) is 0 Å². The van der Waals surface area contributed by atoms with Gasteiger partial charge >= 0.3 is 0 Å². The summed E-state index contributed by atoms with van der Waals surface area (Å²) >= 11 is 0. The lowest BCUT2D eigenvalue weighted by atomic mass is 9.95. The summed E-state index contributed by atoms with van der Waals surface area (Å²) in [5.74, 6) is -0.304. The normalized spacial score (nSPS) is 25.1. The average Bonchev–Trinajstić information content (AvgIpc) is 2.68. The summed E-state index contributed by atoms with van der Waals surface area (Å²) in [5.41, 5.74) is 0.862. The van der Waals surface area contributed by atoms with Gasteiger partial charge in [-0.25, -0.2) is 17.9 Å². The largest absolute Gasteiger partial charge is 0.369 e. The van der Waals surface area contributed by atoms with E-state index in [9.17, 15) is 22.8 Å². The minimum atomic E-state index is -3.62. The number of anilines is 1. The number of nitrogens with zero attached hydrogens (tertiary/aromatic N) is 3. The molecule has 7 nitrogen and oxygen atoms in total. The molecule has 26 heavy (non-hydrogen) atoms. The molecule has 1 aliphatic heterocycles. The standard InChI is InChI=1S/C17H24FN3O4S/c18-14-5-7-15(8-6-14)19-9-11-20(12-10-19)26(24,25)17-4-2-1-3-16(17)21(23)13-22/h5-8,13,16-17,23H,1-4,9-12H2/t16-,17-/m0/s1. The van der Waals surface area contributed by atoms with E-state index in [4.69, 9.17) is 0 Å². The molecule has 1 saturated carbocycles. The molecule has 1 aliphatic carbocycles. The van der Waals surface area contributed by atoms with Gasteiger partial charge in [-0.1, -0.05) is 12.8 Å². The van der Waals surface area contributed by atoms with E-state index in [0.717, 1.165) is 18.5 Å². The van der Waals surface area contributed by atoms with E-state index in [1.54, 1.807) is 12.1 Å². The van der Waals surface area contributed by atoms with Crippen molar-refractivity contribution in [3.05, 3.63) is 30.1 Å². The third kappa shape index (κ3) is 3.84. The maximum absolute atomic E-state index is 13.1. The van der Waals surface area contributed by atoms with Crippen LogP contribution in [0, 0.1) is 5.82 Å². The number of benzene rings is 1. The highest BCUT2D eigenvalue weighted by molar-refractivity contribution is 7.89. The van der Waals surface area contributed by atoms with E-state index in [0.29, 0.717) is 44.1 Å². The number of hydroxylamine groups is 2. The van der Waals surface area contributed by atoms with Crippen molar-refractivity contribution in [2.45, 2.75) is 37.0 Å². The number of hydrogen-bond donors (Lipinski definition) is 1. The van der Waals surface area contributed by atoms with Gasteiger partial charge < -0.3 is 4.90 Å². The van der Waals surface area contributed by atoms with Crippen LogP contribution in [-0.2, 0) is 14.8 Å². The number of carbonyl (C=O) groups is 1. The minimum Gasteiger partial charge on any atom is -0.369 e. The second-order valence-corrected chi connectivity index (χ2v) is 8.93. The summed E-state index contributed by atoms with van der Waals surface area (Å²) < 4.78 is 40.6. The van der Waals surface area contributed by atoms with Gasteiger partial charge in [-0.05, 0) is 37.1 Å². The molecule has 2 aliphatic rings. The molecule has 1 aromatic carbocycles. The third-order valence-electron chi connectivity index (χ3n) is 5.29. The zero-order chi connectivity index (χ0) is 18.7. The van der Waals surface area contributed by atoms with Crippen LogP contribution in [0.4, 0.5) is 10.1 Å². The van der Waals surface area contributed by atoms with E-state index >= 15 is 0 Å². The fraction of sp³-hybridized carbons (Fsp3) is 0.588. The van der Waals surface area contributed by atoms with Crippen LogP contribution in [0.2, 0.25) is 0 Å². The van der Waals surface area contributed by atoms with Crippen LogP contribution < -0.4 is 4.90 Å². The smallest absolute Gasteiger partial charge is 0.233 e. The Kier molecular flexibility index (Phi) is 5.79. The second kappa shape index (κ2) is 7.89. The first-order valence-corrected chi connectivity index (χ1v) is 10.4. The molecule has 9 heteroatoms. The Morgan fingerprint density at radius 2 is 1.69 bits per heavy atom. The molecule has 144 valence electrons. The molecule has 1 amide bonds. The number of halogens is 1. The van der Waals surface area contributed by atoms with Crippen molar-refractivity contribution in [2.24, 2.45) is 0 Å². The number of carbonyl (C=O) groups excluding carboxylic acids is 1. The highest BCUT2D eigenvalue weighted by Gasteiger charge is 2.42. The summed E-state index contributed by atoms with van der Waals surface area (Å²) in [6, 6.07) is 5.46. The van der Waals surface area contributed by atoms with Crippen LogP contribution in [0.5, 0.6) is 0 Å². The molecule has 0 bridgehead atoms. The van der Waals surface area contributed by atoms with E-state index in [1.807, 2.05) is 4.90 Å². The molecule has 2 atom stereocenters. The first kappa shape index (κ1) is 19.1. The van der Waals surface area contributed by atoms with Crippen molar-refractivity contribution in [3.8, 4) is 0 Å². The third-order valence-corrected chi connectivity index (χ3v) is 7.69. The molecule has 0 radical (unpaired) electrons. The Morgan fingerprint density at radius 1 is 1.08 bits per heavy atom. The lowest BCUT2D eigenvalue weighted by Gasteiger charge is -2.40. The summed E-state index contributed by atoms with van der Waals surface area (Å²) in [7, 11) is -3.62. The minimum absolute atomic E-state index is 0.283. The molecule has 1 heterocycles. The van der Waals surface area contributed by atoms with E-state index in [-0.39, 0.29) is 12.2 Å². The molecule has 3 rings (SSSR count). The number of amides is 1. The average molecular weight is 385 g/mol. The zero-order valence-electron chi connectivity index (χ0n) is 14.5. The molecule has 1 aromatic rings. The lowest BCUT2D eigenvalue weighted by molar-refractivity contribution is -0.162. The van der Waals surface area contributed by atoms with Crippen molar-refractivity contribution in [1.82, 2.24) is 9.37 Å². The van der Waals surface area contributed by atoms with Gasteiger partial charge in [0.15, 0.2) is 0 Å². The molecular formula is C17H24FN3O4S. The highest BCUT2D eigenvalue weighted by atomic mass is 32.2. The maximum atomic E-state index is 13.1. The Labute approximate surface area is 153 Å². The first-order chi connectivity index (χ1) is 12.4. The Balaban J connectivity index is 1.68. The molecule has 1 saturated heterocycles. The van der Waals surface area contributed by atoms with Crippen LogP contribution in [0.25, 0.3) is 0 Å². The van der Waals surface area contributed by atoms with E-state index in [1.165, 1.54) is 16.4 Å². The topological polar surface area (TPSA) is 81.2 Å². The molecule has 2 fully saturated rings. The van der Waals surface area contributed by atoms with Crippen molar-refractivity contribution >= 4 is 22.1 Å². The number of hydrogen-bond acceptors (Lipinski definition) is 5. The Morgan fingerprint density at radius 3 is 2.31 bits per heavy atom. The summed E-state index contributed by atoms with van der Waals surface area (Å²) in [4.78, 5) is 12.9. The molecule has 0 aromatic heterocycles. The number of piperazine rings is 1. The van der Waals surface area contributed by atoms with Gasteiger partial charge in [-0.2, -0.15) is 4.31 Å². The SMILES string of the molecule is O=CN(O)[C@H]1CCCC[C@@H]1S(=O)(=O)N1CCN(c2ccc(F)cc2)CC1.